The van der Waals surface area contributed by atoms with Crippen LogP contribution in [0.2, 0.25) is 0 Å². The van der Waals surface area contributed by atoms with Gasteiger partial charge in [-0.2, -0.15) is 0 Å². The maximum Gasteiger partial charge on any atom is 0.227 e. The van der Waals surface area contributed by atoms with Crippen LogP contribution in [-0.2, 0) is 17.6 Å². The zero-order chi connectivity index (χ0) is 26.4. The summed E-state index contributed by atoms with van der Waals surface area (Å²) in [5.41, 5.74) is 2.91. The fourth-order valence-electron chi connectivity index (χ4n) is 4.68. The van der Waals surface area contributed by atoms with E-state index in [1.54, 1.807) is 35.5 Å². The van der Waals surface area contributed by atoms with Crippen molar-refractivity contribution in [1.29, 1.82) is 0 Å². The fourth-order valence-corrected chi connectivity index (χ4v) is 4.68. The lowest BCUT2D eigenvalue weighted by Crippen LogP contribution is -2.43. The molecule has 0 saturated heterocycles. The van der Waals surface area contributed by atoms with Gasteiger partial charge in [-0.1, -0.05) is 18.2 Å². The van der Waals surface area contributed by atoms with Gasteiger partial charge in [0.1, 0.15) is 6.61 Å². The van der Waals surface area contributed by atoms with Crippen molar-refractivity contribution in [3.8, 4) is 34.5 Å². The van der Waals surface area contributed by atoms with Crippen LogP contribution in [0.3, 0.4) is 0 Å². The van der Waals surface area contributed by atoms with Crippen molar-refractivity contribution in [2.24, 2.45) is 0 Å². The van der Waals surface area contributed by atoms with Crippen molar-refractivity contribution in [2.45, 2.75) is 18.9 Å². The van der Waals surface area contributed by atoms with Gasteiger partial charge >= 0.3 is 0 Å². The molecule has 1 amide bonds. The lowest BCUT2D eigenvalue weighted by Gasteiger charge is -2.38. The molecule has 0 aromatic heterocycles. The fraction of sp³-hybridized carbons (Fsp3) is 0.345. The van der Waals surface area contributed by atoms with Crippen LogP contribution in [0.1, 0.15) is 22.7 Å². The van der Waals surface area contributed by atoms with E-state index in [0.717, 1.165) is 16.7 Å². The highest BCUT2D eigenvalue weighted by Crippen LogP contribution is 2.39. The van der Waals surface area contributed by atoms with E-state index in [-0.39, 0.29) is 25.0 Å². The number of benzene rings is 3. The van der Waals surface area contributed by atoms with Crippen LogP contribution in [0.5, 0.6) is 34.5 Å². The van der Waals surface area contributed by atoms with Crippen LogP contribution < -0.4 is 28.4 Å². The Kier molecular flexibility index (Phi) is 8.28. The molecular weight excluding hydrogens is 474 g/mol. The normalized spacial score (nSPS) is 14.4. The topological polar surface area (TPSA) is 75.7 Å². The monoisotopic (exact) mass is 507 g/mol. The third kappa shape index (κ3) is 5.53. The van der Waals surface area contributed by atoms with Gasteiger partial charge in [-0.25, -0.2) is 0 Å². The first kappa shape index (κ1) is 26.0. The van der Waals surface area contributed by atoms with Gasteiger partial charge in [0.05, 0.1) is 48.0 Å². The van der Waals surface area contributed by atoms with Crippen molar-refractivity contribution in [3.63, 3.8) is 0 Å². The Labute approximate surface area is 217 Å². The summed E-state index contributed by atoms with van der Waals surface area (Å²) in [6.45, 7) is 0.801. The molecule has 0 radical (unpaired) electrons. The number of carbonyl (C=O) groups excluding carboxylic acids is 1. The maximum atomic E-state index is 13.7. The smallest absolute Gasteiger partial charge is 0.227 e. The third-order valence-corrected chi connectivity index (χ3v) is 6.59. The highest BCUT2D eigenvalue weighted by atomic mass is 16.5. The molecule has 37 heavy (non-hydrogen) atoms. The van der Waals surface area contributed by atoms with E-state index in [2.05, 4.69) is 0 Å². The molecular formula is C29H33NO7. The SMILES string of the molecule is COc1ccc(CC(=O)N2CCc3cc(OC)c(OC)cc3C2COc2ccccc2OC)cc1OC. The van der Waals surface area contributed by atoms with Crippen LogP contribution >= 0.6 is 0 Å². The molecule has 1 aliphatic heterocycles. The molecule has 0 spiro atoms. The summed E-state index contributed by atoms with van der Waals surface area (Å²) in [4.78, 5) is 15.5. The molecule has 1 aliphatic rings. The van der Waals surface area contributed by atoms with Crippen molar-refractivity contribution in [2.75, 3.05) is 48.7 Å². The van der Waals surface area contributed by atoms with Gasteiger partial charge in [-0.15, -0.1) is 0 Å². The number of methoxy groups -OCH3 is 5. The molecule has 3 aromatic carbocycles. The highest BCUT2D eigenvalue weighted by molar-refractivity contribution is 5.80. The number of hydrogen-bond donors (Lipinski definition) is 0. The van der Waals surface area contributed by atoms with Gasteiger partial charge < -0.3 is 33.3 Å². The average molecular weight is 508 g/mol. The number of hydrogen-bond acceptors (Lipinski definition) is 7. The van der Waals surface area contributed by atoms with Crippen LogP contribution in [-0.4, -0.2) is 59.5 Å². The lowest BCUT2D eigenvalue weighted by molar-refractivity contribution is -0.134. The molecule has 1 heterocycles. The largest absolute Gasteiger partial charge is 0.493 e. The van der Waals surface area contributed by atoms with Crippen LogP contribution in [0.15, 0.2) is 54.6 Å². The van der Waals surface area contributed by atoms with Gasteiger partial charge in [0, 0.05) is 6.54 Å². The van der Waals surface area contributed by atoms with Gasteiger partial charge in [0.2, 0.25) is 5.91 Å². The molecule has 4 rings (SSSR count). The van der Waals surface area contributed by atoms with E-state index in [1.807, 2.05) is 59.5 Å². The Morgan fingerprint density at radius 2 is 1.35 bits per heavy atom. The Morgan fingerprint density at radius 3 is 2.03 bits per heavy atom. The Morgan fingerprint density at radius 1 is 0.757 bits per heavy atom. The summed E-state index contributed by atoms with van der Waals surface area (Å²) in [6.07, 6.45) is 0.909. The summed E-state index contributed by atoms with van der Waals surface area (Å²) in [6, 6.07) is 16.6. The Balaban J connectivity index is 1.65. The van der Waals surface area contributed by atoms with Crippen molar-refractivity contribution < 1.29 is 33.2 Å². The zero-order valence-electron chi connectivity index (χ0n) is 21.9. The van der Waals surface area contributed by atoms with E-state index in [4.69, 9.17) is 28.4 Å². The molecule has 196 valence electrons. The molecule has 1 unspecified atom stereocenters. The van der Waals surface area contributed by atoms with Crippen LogP contribution in [0.4, 0.5) is 0 Å². The summed E-state index contributed by atoms with van der Waals surface area (Å²) in [5.74, 6) is 3.72. The minimum atomic E-state index is -0.332. The van der Waals surface area contributed by atoms with E-state index in [1.165, 1.54) is 0 Å². The predicted molar refractivity (Wildman–Crippen MR) is 139 cm³/mol. The van der Waals surface area contributed by atoms with Crippen LogP contribution in [0, 0.1) is 0 Å². The number of nitrogens with zero attached hydrogens (tertiary/aromatic N) is 1. The van der Waals surface area contributed by atoms with Gasteiger partial charge in [-0.05, 0) is 59.5 Å². The zero-order valence-corrected chi connectivity index (χ0v) is 21.9. The van der Waals surface area contributed by atoms with E-state index >= 15 is 0 Å². The van der Waals surface area contributed by atoms with E-state index < -0.39 is 0 Å². The first-order valence-electron chi connectivity index (χ1n) is 12.0. The van der Waals surface area contributed by atoms with E-state index in [9.17, 15) is 4.79 Å². The molecule has 8 nitrogen and oxygen atoms in total. The standard InChI is InChI=1S/C29H33NO7/c1-32-23-8-6-7-9-25(23)37-18-22-21-17-28(36-5)27(35-4)16-20(21)12-13-30(22)29(31)15-19-10-11-24(33-2)26(14-19)34-3/h6-11,14,16-17,22H,12-13,15,18H2,1-5H3. The summed E-state index contributed by atoms with van der Waals surface area (Å²) < 4.78 is 33.5. The number of rotatable bonds is 10. The van der Waals surface area contributed by atoms with Crippen molar-refractivity contribution in [3.05, 3.63) is 71.3 Å². The molecule has 0 bridgehead atoms. The number of carbonyl (C=O) groups is 1. The Hall–Kier alpha value is -4.07. The first-order chi connectivity index (χ1) is 18.0. The summed E-state index contributed by atoms with van der Waals surface area (Å²) in [7, 11) is 8.00. The first-order valence-corrected chi connectivity index (χ1v) is 12.0. The van der Waals surface area contributed by atoms with Gasteiger partial charge in [0.25, 0.3) is 0 Å². The number of para-hydroxylation sites is 2. The Bertz CT molecular complexity index is 1240. The van der Waals surface area contributed by atoms with Crippen molar-refractivity contribution in [1.82, 2.24) is 4.90 Å². The summed E-state index contributed by atoms with van der Waals surface area (Å²) in [5, 5.41) is 0. The second-order valence-electron chi connectivity index (χ2n) is 8.59. The van der Waals surface area contributed by atoms with Gasteiger partial charge in [-0.3, -0.25) is 4.79 Å². The molecule has 3 aromatic rings. The number of fused-ring (bicyclic) bond motifs is 1. The molecule has 0 saturated carbocycles. The molecule has 8 heteroatoms. The second kappa shape index (κ2) is 11.8. The molecule has 1 atom stereocenters. The van der Waals surface area contributed by atoms with Gasteiger partial charge in [0.15, 0.2) is 34.5 Å². The molecule has 0 N–H and O–H groups in total. The molecule has 0 aliphatic carbocycles. The highest BCUT2D eigenvalue weighted by Gasteiger charge is 2.33. The number of ether oxygens (including phenoxy) is 6. The van der Waals surface area contributed by atoms with Crippen LogP contribution in [0.25, 0.3) is 0 Å². The second-order valence-corrected chi connectivity index (χ2v) is 8.59. The third-order valence-electron chi connectivity index (χ3n) is 6.59. The van der Waals surface area contributed by atoms with E-state index in [0.29, 0.717) is 47.5 Å². The maximum absolute atomic E-state index is 13.7. The molecule has 0 fully saturated rings. The predicted octanol–water partition coefficient (Wildman–Crippen LogP) is 4.48. The summed E-state index contributed by atoms with van der Waals surface area (Å²) >= 11 is 0. The average Bonchev–Trinajstić information content (AvgIpc) is 2.94. The minimum absolute atomic E-state index is 0.0127. The quantitative estimate of drug-likeness (QED) is 0.401. The lowest BCUT2D eigenvalue weighted by atomic mass is 9.91. The number of amides is 1. The minimum Gasteiger partial charge on any atom is -0.493 e. The van der Waals surface area contributed by atoms with Crippen molar-refractivity contribution >= 4 is 5.91 Å².